The van der Waals surface area contributed by atoms with Crippen molar-refractivity contribution in [1.82, 2.24) is 5.32 Å². The standard InChI is InChI=1S/C16H20F2N2O.ClH/c17-16(18,9-19)10-20-14(21)13-8-15(13)7-3-5-11-4-1-2-6-12(11)15;/h1-2,4,6,13H,3,5,7-10,19H2,(H,20,21);1H. The second-order valence-corrected chi connectivity index (χ2v) is 6.20. The highest BCUT2D eigenvalue weighted by molar-refractivity contribution is 5.85. The third-order valence-electron chi connectivity index (χ3n) is 4.83. The molecular weight excluding hydrogens is 310 g/mol. The van der Waals surface area contributed by atoms with Crippen molar-refractivity contribution in [2.24, 2.45) is 11.7 Å². The van der Waals surface area contributed by atoms with Crippen molar-refractivity contribution >= 4 is 18.3 Å². The first kappa shape index (κ1) is 17.2. The van der Waals surface area contributed by atoms with Crippen molar-refractivity contribution < 1.29 is 13.6 Å². The third-order valence-corrected chi connectivity index (χ3v) is 4.83. The average molecular weight is 331 g/mol. The number of hydrogen-bond donors (Lipinski definition) is 2. The van der Waals surface area contributed by atoms with E-state index in [2.05, 4.69) is 17.4 Å². The van der Waals surface area contributed by atoms with E-state index in [0.717, 1.165) is 25.7 Å². The molecule has 0 heterocycles. The number of hydrogen-bond acceptors (Lipinski definition) is 2. The molecule has 2 unspecified atom stereocenters. The predicted octanol–water partition coefficient (Wildman–Crippen LogP) is 2.41. The number of aryl methyl sites for hydroxylation is 1. The molecule has 0 saturated heterocycles. The number of alkyl halides is 2. The Balaban J connectivity index is 0.00000176. The largest absolute Gasteiger partial charge is 0.350 e. The lowest BCUT2D eigenvalue weighted by Gasteiger charge is -2.26. The number of fused-ring (bicyclic) bond motifs is 2. The number of nitrogens with two attached hydrogens (primary N) is 1. The van der Waals surface area contributed by atoms with Gasteiger partial charge < -0.3 is 11.1 Å². The molecule has 2 aliphatic carbocycles. The van der Waals surface area contributed by atoms with Gasteiger partial charge in [0.1, 0.15) is 0 Å². The van der Waals surface area contributed by atoms with Gasteiger partial charge in [-0.05, 0) is 36.8 Å². The van der Waals surface area contributed by atoms with Crippen LogP contribution in [-0.4, -0.2) is 24.9 Å². The van der Waals surface area contributed by atoms with E-state index in [0.29, 0.717) is 0 Å². The lowest BCUT2D eigenvalue weighted by molar-refractivity contribution is -0.124. The van der Waals surface area contributed by atoms with Crippen molar-refractivity contribution in [3.8, 4) is 0 Å². The highest BCUT2D eigenvalue weighted by Crippen LogP contribution is 2.60. The summed E-state index contributed by atoms with van der Waals surface area (Å²) in [6.45, 7) is -1.41. The molecule has 1 fully saturated rings. The summed E-state index contributed by atoms with van der Waals surface area (Å²) >= 11 is 0. The van der Waals surface area contributed by atoms with Gasteiger partial charge in [0, 0.05) is 11.3 Å². The van der Waals surface area contributed by atoms with Crippen molar-refractivity contribution in [3.05, 3.63) is 35.4 Å². The number of carbonyl (C=O) groups excluding carboxylic acids is 1. The van der Waals surface area contributed by atoms with Crippen LogP contribution in [0.2, 0.25) is 0 Å². The summed E-state index contributed by atoms with van der Waals surface area (Å²) in [5.41, 5.74) is 7.40. The first-order valence-electron chi connectivity index (χ1n) is 7.42. The molecule has 122 valence electrons. The smallest absolute Gasteiger partial charge is 0.277 e. The first-order chi connectivity index (χ1) is 9.98. The van der Waals surface area contributed by atoms with E-state index < -0.39 is 19.0 Å². The fourth-order valence-corrected chi connectivity index (χ4v) is 3.59. The molecule has 1 saturated carbocycles. The van der Waals surface area contributed by atoms with Crippen LogP contribution in [-0.2, 0) is 16.6 Å². The van der Waals surface area contributed by atoms with Crippen molar-refractivity contribution in [2.75, 3.05) is 13.1 Å². The Morgan fingerprint density at radius 1 is 1.41 bits per heavy atom. The van der Waals surface area contributed by atoms with E-state index in [9.17, 15) is 13.6 Å². The second kappa shape index (κ2) is 6.13. The number of benzene rings is 1. The van der Waals surface area contributed by atoms with Crippen LogP contribution < -0.4 is 11.1 Å². The molecule has 3 nitrogen and oxygen atoms in total. The summed E-state index contributed by atoms with van der Waals surface area (Å²) in [5.74, 6) is -3.46. The zero-order valence-corrected chi connectivity index (χ0v) is 13.1. The Morgan fingerprint density at radius 3 is 2.86 bits per heavy atom. The molecule has 3 N–H and O–H groups in total. The van der Waals surface area contributed by atoms with Gasteiger partial charge >= 0.3 is 0 Å². The summed E-state index contributed by atoms with van der Waals surface area (Å²) in [7, 11) is 0. The monoisotopic (exact) mass is 330 g/mol. The topological polar surface area (TPSA) is 55.1 Å². The minimum atomic E-state index is -3.03. The van der Waals surface area contributed by atoms with Crippen molar-refractivity contribution in [3.63, 3.8) is 0 Å². The first-order valence-corrected chi connectivity index (χ1v) is 7.42. The number of amides is 1. The molecule has 1 amide bonds. The highest BCUT2D eigenvalue weighted by atomic mass is 35.5. The Bertz CT molecular complexity index is 567. The SMILES string of the molecule is Cl.NCC(F)(F)CNC(=O)C1CC12CCCc1ccccc12. The van der Waals surface area contributed by atoms with Gasteiger partial charge in [0.05, 0.1) is 13.1 Å². The molecule has 1 aromatic rings. The number of rotatable bonds is 4. The number of carbonyl (C=O) groups is 1. The molecule has 0 aliphatic heterocycles. The van der Waals surface area contributed by atoms with Gasteiger partial charge in [0.25, 0.3) is 5.92 Å². The molecule has 2 aliphatic rings. The quantitative estimate of drug-likeness (QED) is 0.890. The summed E-state index contributed by atoms with van der Waals surface area (Å²) < 4.78 is 26.3. The summed E-state index contributed by atoms with van der Waals surface area (Å²) in [4.78, 5) is 12.2. The highest BCUT2D eigenvalue weighted by Gasteiger charge is 2.60. The van der Waals surface area contributed by atoms with Crippen molar-refractivity contribution in [2.45, 2.75) is 37.0 Å². The van der Waals surface area contributed by atoms with Gasteiger partial charge in [-0.15, -0.1) is 12.4 Å². The molecule has 1 aromatic carbocycles. The molecule has 6 heteroatoms. The van der Waals surface area contributed by atoms with Crippen LogP contribution >= 0.6 is 12.4 Å². The van der Waals surface area contributed by atoms with E-state index in [1.54, 1.807) is 0 Å². The molecule has 1 spiro atoms. The molecule has 0 bridgehead atoms. The van der Waals surface area contributed by atoms with Gasteiger partial charge in [-0.2, -0.15) is 0 Å². The van der Waals surface area contributed by atoms with Gasteiger partial charge in [0.2, 0.25) is 5.91 Å². The minimum Gasteiger partial charge on any atom is -0.350 e. The van der Waals surface area contributed by atoms with Crippen LogP contribution in [0.1, 0.15) is 30.4 Å². The molecular formula is C16H21ClF2N2O. The van der Waals surface area contributed by atoms with Gasteiger partial charge in [-0.1, -0.05) is 24.3 Å². The Hall–Kier alpha value is -1.20. The maximum atomic E-state index is 13.1. The fraction of sp³-hybridized carbons (Fsp3) is 0.562. The maximum Gasteiger partial charge on any atom is 0.277 e. The van der Waals surface area contributed by atoms with E-state index in [-0.39, 0.29) is 29.6 Å². The van der Waals surface area contributed by atoms with E-state index in [4.69, 9.17) is 5.73 Å². The maximum absolute atomic E-state index is 13.1. The fourth-order valence-electron chi connectivity index (χ4n) is 3.59. The Kier molecular flexibility index (Phi) is 4.78. The zero-order valence-electron chi connectivity index (χ0n) is 12.3. The molecule has 3 rings (SSSR count). The Labute approximate surface area is 135 Å². The lowest BCUT2D eigenvalue weighted by atomic mass is 9.78. The van der Waals surface area contributed by atoms with Crippen LogP contribution in [0.15, 0.2) is 24.3 Å². The van der Waals surface area contributed by atoms with E-state index >= 15 is 0 Å². The van der Waals surface area contributed by atoms with Crippen LogP contribution in [0.4, 0.5) is 8.78 Å². The van der Waals surface area contributed by atoms with Crippen LogP contribution in [0.25, 0.3) is 0 Å². The second-order valence-electron chi connectivity index (χ2n) is 6.20. The summed E-state index contributed by atoms with van der Waals surface area (Å²) in [6, 6.07) is 8.18. The summed E-state index contributed by atoms with van der Waals surface area (Å²) in [6.07, 6.45) is 3.83. The normalized spacial score (nSPS) is 26.0. The third kappa shape index (κ3) is 2.97. The van der Waals surface area contributed by atoms with E-state index in [1.807, 2.05) is 12.1 Å². The van der Waals surface area contributed by atoms with Gasteiger partial charge in [-0.25, -0.2) is 8.78 Å². The van der Waals surface area contributed by atoms with Gasteiger partial charge in [0.15, 0.2) is 0 Å². The van der Waals surface area contributed by atoms with Crippen LogP contribution in [0, 0.1) is 5.92 Å². The molecule has 2 atom stereocenters. The van der Waals surface area contributed by atoms with Crippen LogP contribution in [0.3, 0.4) is 0 Å². The average Bonchev–Trinajstić information content (AvgIpc) is 3.20. The van der Waals surface area contributed by atoms with Crippen LogP contribution in [0.5, 0.6) is 0 Å². The predicted molar refractivity (Wildman–Crippen MR) is 83.4 cm³/mol. The number of halogens is 3. The lowest BCUT2D eigenvalue weighted by Crippen LogP contribution is -2.42. The molecule has 0 radical (unpaired) electrons. The number of nitrogens with one attached hydrogen (secondary N) is 1. The zero-order chi connectivity index (χ0) is 15.1. The Morgan fingerprint density at radius 2 is 2.14 bits per heavy atom. The molecule has 22 heavy (non-hydrogen) atoms. The summed E-state index contributed by atoms with van der Waals surface area (Å²) in [5, 5.41) is 2.37. The molecule has 0 aromatic heterocycles. The van der Waals surface area contributed by atoms with Gasteiger partial charge in [-0.3, -0.25) is 4.79 Å². The minimum absolute atomic E-state index is 0. The van der Waals surface area contributed by atoms with Crippen molar-refractivity contribution in [1.29, 1.82) is 0 Å². The van der Waals surface area contributed by atoms with E-state index in [1.165, 1.54) is 11.1 Å².